The molecule has 1 heterocycles. The quantitative estimate of drug-likeness (QED) is 0.599. The van der Waals surface area contributed by atoms with Crippen LogP contribution in [0.4, 0.5) is 11.5 Å². The van der Waals surface area contributed by atoms with Crippen LogP contribution in [0, 0.1) is 6.92 Å². The van der Waals surface area contributed by atoms with Gasteiger partial charge in [0, 0.05) is 12.2 Å². The standard InChI is InChI=1S/C22H22N4O3/c1-3-29-22(28)17-7-9-18(10-8-17)26-20-14-23-19(13-24-20)21(27)25-12-16-6-4-5-15(2)11-16/h4-11,13-14H,3,12H2,1-2H3,(H,24,26)(H,25,27). The van der Waals surface area contributed by atoms with Crippen molar-refractivity contribution in [3.63, 3.8) is 0 Å². The predicted molar refractivity (Wildman–Crippen MR) is 110 cm³/mol. The van der Waals surface area contributed by atoms with Gasteiger partial charge in [-0.15, -0.1) is 0 Å². The number of esters is 1. The Kier molecular flexibility index (Phi) is 6.52. The topological polar surface area (TPSA) is 93.2 Å². The Morgan fingerprint density at radius 3 is 2.48 bits per heavy atom. The van der Waals surface area contributed by atoms with E-state index in [-0.39, 0.29) is 17.6 Å². The molecule has 0 spiro atoms. The van der Waals surface area contributed by atoms with Gasteiger partial charge in [0.2, 0.25) is 0 Å². The molecule has 0 saturated heterocycles. The molecule has 7 nitrogen and oxygen atoms in total. The Labute approximate surface area is 169 Å². The molecule has 0 fully saturated rings. The number of hydrogen-bond acceptors (Lipinski definition) is 6. The average molecular weight is 390 g/mol. The van der Waals surface area contributed by atoms with E-state index in [1.165, 1.54) is 12.4 Å². The second-order valence-electron chi connectivity index (χ2n) is 6.38. The van der Waals surface area contributed by atoms with Crippen molar-refractivity contribution in [1.29, 1.82) is 0 Å². The first-order valence-electron chi connectivity index (χ1n) is 9.25. The molecule has 7 heteroatoms. The minimum atomic E-state index is -0.361. The Balaban J connectivity index is 1.56. The molecule has 1 aromatic heterocycles. The maximum absolute atomic E-state index is 12.2. The molecule has 3 aromatic rings. The number of aryl methyl sites for hydroxylation is 1. The first kappa shape index (κ1) is 20.0. The van der Waals surface area contributed by atoms with E-state index in [0.29, 0.717) is 24.5 Å². The summed E-state index contributed by atoms with van der Waals surface area (Å²) in [5.41, 5.74) is 3.62. The minimum absolute atomic E-state index is 0.237. The van der Waals surface area contributed by atoms with Crippen LogP contribution in [0.25, 0.3) is 0 Å². The predicted octanol–water partition coefficient (Wildman–Crippen LogP) is 3.64. The smallest absolute Gasteiger partial charge is 0.338 e. The molecule has 0 saturated carbocycles. The summed E-state index contributed by atoms with van der Waals surface area (Å²) in [5.74, 6) is -0.159. The number of anilines is 2. The minimum Gasteiger partial charge on any atom is -0.462 e. The molecule has 29 heavy (non-hydrogen) atoms. The fourth-order valence-corrected chi connectivity index (χ4v) is 2.66. The van der Waals surface area contributed by atoms with Crippen LogP contribution < -0.4 is 10.6 Å². The van der Waals surface area contributed by atoms with E-state index < -0.39 is 0 Å². The highest BCUT2D eigenvalue weighted by atomic mass is 16.5. The number of nitrogens with zero attached hydrogens (tertiary/aromatic N) is 2. The van der Waals surface area contributed by atoms with Gasteiger partial charge in [0.15, 0.2) is 0 Å². The number of carbonyl (C=O) groups excluding carboxylic acids is 2. The lowest BCUT2D eigenvalue weighted by molar-refractivity contribution is 0.0526. The van der Waals surface area contributed by atoms with E-state index in [4.69, 9.17) is 4.74 Å². The first-order chi connectivity index (χ1) is 14.0. The second-order valence-corrected chi connectivity index (χ2v) is 6.38. The maximum Gasteiger partial charge on any atom is 0.338 e. The lowest BCUT2D eigenvalue weighted by Gasteiger charge is -2.08. The highest BCUT2D eigenvalue weighted by molar-refractivity contribution is 5.92. The Bertz CT molecular complexity index is 986. The van der Waals surface area contributed by atoms with Gasteiger partial charge < -0.3 is 15.4 Å². The Morgan fingerprint density at radius 2 is 1.83 bits per heavy atom. The van der Waals surface area contributed by atoms with Crippen LogP contribution >= 0.6 is 0 Å². The highest BCUT2D eigenvalue weighted by Gasteiger charge is 2.09. The number of aromatic nitrogens is 2. The van der Waals surface area contributed by atoms with E-state index >= 15 is 0 Å². The third kappa shape index (κ3) is 5.62. The van der Waals surface area contributed by atoms with E-state index in [1.54, 1.807) is 31.2 Å². The van der Waals surface area contributed by atoms with Gasteiger partial charge in [-0.1, -0.05) is 29.8 Å². The van der Waals surface area contributed by atoms with Crippen LogP contribution in [0.3, 0.4) is 0 Å². The first-order valence-corrected chi connectivity index (χ1v) is 9.25. The average Bonchev–Trinajstić information content (AvgIpc) is 2.73. The number of amides is 1. The Morgan fingerprint density at radius 1 is 1.03 bits per heavy atom. The summed E-state index contributed by atoms with van der Waals surface area (Å²) >= 11 is 0. The van der Waals surface area contributed by atoms with Gasteiger partial charge in [-0.2, -0.15) is 0 Å². The maximum atomic E-state index is 12.2. The molecule has 2 aromatic carbocycles. The monoisotopic (exact) mass is 390 g/mol. The van der Waals surface area contributed by atoms with Gasteiger partial charge in [-0.05, 0) is 43.7 Å². The zero-order valence-electron chi connectivity index (χ0n) is 16.3. The summed E-state index contributed by atoms with van der Waals surface area (Å²) in [6.07, 6.45) is 2.90. The third-order valence-corrected chi connectivity index (χ3v) is 4.09. The van der Waals surface area contributed by atoms with Crippen LogP contribution in [-0.4, -0.2) is 28.5 Å². The summed E-state index contributed by atoms with van der Waals surface area (Å²) in [6, 6.07) is 14.8. The molecule has 0 unspecified atom stereocenters. The molecule has 1 amide bonds. The third-order valence-electron chi connectivity index (χ3n) is 4.09. The van der Waals surface area contributed by atoms with Crippen molar-refractivity contribution in [3.05, 3.63) is 83.3 Å². The zero-order valence-corrected chi connectivity index (χ0v) is 16.3. The molecule has 0 aliphatic rings. The van der Waals surface area contributed by atoms with Gasteiger partial charge in [-0.25, -0.2) is 14.8 Å². The fourth-order valence-electron chi connectivity index (χ4n) is 2.66. The normalized spacial score (nSPS) is 10.3. The molecule has 2 N–H and O–H groups in total. The lowest BCUT2D eigenvalue weighted by atomic mass is 10.1. The molecule has 3 rings (SSSR count). The number of hydrogen-bond donors (Lipinski definition) is 2. The summed E-state index contributed by atoms with van der Waals surface area (Å²) in [6.45, 7) is 4.53. The van der Waals surface area contributed by atoms with Crippen molar-refractivity contribution >= 4 is 23.4 Å². The second kappa shape index (κ2) is 9.45. The SMILES string of the molecule is CCOC(=O)c1ccc(Nc2cnc(C(=O)NCc3cccc(C)c3)cn2)cc1. The summed E-state index contributed by atoms with van der Waals surface area (Å²) in [7, 11) is 0. The van der Waals surface area contributed by atoms with Crippen molar-refractivity contribution in [2.45, 2.75) is 20.4 Å². The summed E-state index contributed by atoms with van der Waals surface area (Å²) < 4.78 is 4.96. The van der Waals surface area contributed by atoms with Gasteiger partial charge >= 0.3 is 5.97 Å². The van der Waals surface area contributed by atoms with Crippen LogP contribution in [0.5, 0.6) is 0 Å². The van der Waals surface area contributed by atoms with Gasteiger partial charge in [0.05, 0.1) is 24.6 Å². The Hall–Kier alpha value is -3.74. The molecule has 148 valence electrons. The number of carbonyl (C=O) groups is 2. The van der Waals surface area contributed by atoms with Crippen LogP contribution in [0.1, 0.15) is 38.9 Å². The summed E-state index contributed by atoms with van der Waals surface area (Å²) in [4.78, 5) is 32.3. The van der Waals surface area contributed by atoms with Crippen molar-refractivity contribution in [2.24, 2.45) is 0 Å². The number of ether oxygens (including phenoxy) is 1. The molecule has 0 bridgehead atoms. The lowest BCUT2D eigenvalue weighted by Crippen LogP contribution is -2.24. The molecule has 0 aliphatic heterocycles. The van der Waals surface area contributed by atoms with E-state index in [0.717, 1.165) is 16.8 Å². The number of nitrogens with one attached hydrogen (secondary N) is 2. The molecular formula is C22H22N4O3. The highest BCUT2D eigenvalue weighted by Crippen LogP contribution is 2.15. The largest absolute Gasteiger partial charge is 0.462 e. The van der Waals surface area contributed by atoms with Crippen LogP contribution in [-0.2, 0) is 11.3 Å². The number of benzene rings is 2. The van der Waals surface area contributed by atoms with Crippen LogP contribution in [0.15, 0.2) is 60.9 Å². The van der Waals surface area contributed by atoms with Gasteiger partial charge in [-0.3, -0.25) is 4.79 Å². The molecular weight excluding hydrogens is 368 g/mol. The van der Waals surface area contributed by atoms with Crippen molar-refractivity contribution in [2.75, 3.05) is 11.9 Å². The van der Waals surface area contributed by atoms with Crippen LogP contribution in [0.2, 0.25) is 0 Å². The zero-order chi connectivity index (χ0) is 20.6. The van der Waals surface area contributed by atoms with E-state index in [9.17, 15) is 9.59 Å². The van der Waals surface area contributed by atoms with Crippen molar-refractivity contribution in [1.82, 2.24) is 15.3 Å². The van der Waals surface area contributed by atoms with Gasteiger partial charge in [0.25, 0.3) is 5.91 Å². The van der Waals surface area contributed by atoms with E-state index in [1.807, 2.05) is 31.2 Å². The van der Waals surface area contributed by atoms with Crippen molar-refractivity contribution < 1.29 is 14.3 Å². The molecule has 0 radical (unpaired) electrons. The summed E-state index contributed by atoms with van der Waals surface area (Å²) in [5, 5.41) is 5.91. The van der Waals surface area contributed by atoms with E-state index in [2.05, 4.69) is 20.6 Å². The van der Waals surface area contributed by atoms with Crippen molar-refractivity contribution in [3.8, 4) is 0 Å². The number of rotatable bonds is 7. The van der Waals surface area contributed by atoms with Gasteiger partial charge in [0.1, 0.15) is 11.5 Å². The molecule has 0 atom stereocenters. The molecule has 0 aliphatic carbocycles. The fraction of sp³-hybridized carbons (Fsp3) is 0.182.